The summed E-state index contributed by atoms with van der Waals surface area (Å²) in [5, 5.41) is 3.62. The van der Waals surface area contributed by atoms with E-state index >= 15 is 0 Å². The van der Waals surface area contributed by atoms with Crippen LogP contribution >= 0.6 is 23.2 Å². The Morgan fingerprint density at radius 2 is 1.88 bits per heavy atom. The van der Waals surface area contributed by atoms with Gasteiger partial charge in [-0.15, -0.1) is 0 Å². The van der Waals surface area contributed by atoms with Gasteiger partial charge in [-0.2, -0.15) is 0 Å². The monoisotopic (exact) mass is 398 g/mol. The molecule has 1 aliphatic rings. The first-order chi connectivity index (χ1) is 11.8. The second-order valence-electron chi connectivity index (χ2n) is 5.88. The molecule has 0 saturated carbocycles. The van der Waals surface area contributed by atoms with E-state index in [-0.39, 0.29) is 10.8 Å². The van der Waals surface area contributed by atoms with Crippen molar-refractivity contribution in [1.82, 2.24) is 4.72 Å². The van der Waals surface area contributed by atoms with Crippen LogP contribution in [-0.2, 0) is 21.2 Å². The molecular weight excluding hydrogens is 383 g/mol. The van der Waals surface area contributed by atoms with Crippen molar-refractivity contribution < 1.29 is 13.2 Å². The molecule has 0 unspecified atom stereocenters. The zero-order chi connectivity index (χ0) is 18.2. The Hall–Kier alpha value is -1.60. The molecule has 1 atom stereocenters. The Bertz CT molecular complexity index is 945. The van der Waals surface area contributed by atoms with Gasteiger partial charge in [0.05, 0.1) is 4.90 Å². The molecule has 8 heteroatoms. The third-order valence-corrected chi connectivity index (χ3v) is 6.14. The van der Waals surface area contributed by atoms with E-state index in [0.29, 0.717) is 34.1 Å². The molecule has 5 nitrogen and oxygen atoms in total. The SMILES string of the molecule is C[C@@H](NS(=O)(=O)c1ccc2c(c1)CCC(=O)N2)c1ccc(Cl)cc1Cl. The third-order valence-electron chi connectivity index (χ3n) is 4.04. The number of benzene rings is 2. The largest absolute Gasteiger partial charge is 0.326 e. The van der Waals surface area contributed by atoms with Crippen molar-refractivity contribution in [2.75, 3.05) is 5.32 Å². The van der Waals surface area contributed by atoms with Gasteiger partial charge in [0.1, 0.15) is 0 Å². The molecule has 0 spiro atoms. The minimum atomic E-state index is -3.74. The number of fused-ring (bicyclic) bond motifs is 1. The Morgan fingerprint density at radius 3 is 2.60 bits per heavy atom. The molecule has 0 aromatic heterocycles. The first-order valence-corrected chi connectivity index (χ1v) is 9.90. The summed E-state index contributed by atoms with van der Waals surface area (Å²) in [5.74, 6) is -0.0627. The van der Waals surface area contributed by atoms with Crippen molar-refractivity contribution >= 4 is 44.8 Å². The van der Waals surface area contributed by atoms with Crippen LogP contribution in [0.3, 0.4) is 0 Å². The number of halogens is 2. The van der Waals surface area contributed by atoms with E-state index < -0.39 is 16.1 Å². The smallest absolute Gasteiger partial charge is 0.241 e. The maximum Gasteiger partial charge on any atom is 0.241 e. The van der Waals surface area contributed by atoms with Gasteiger partial charge < -0.3 is 5.32 Å². The number of carbonyl (C=O) groups is 1. The molecule has 0 fully saturated rings. The normalized spacial score (nSPS) is 15.4. The topological polar surface area (TPSA) is 75.3 Å². The maximum atomic E-state index is 12.7. The number of sulfonamides is 1. The highest BCUT2D eigenvalue weighted by Gasteiger charge is 2.22. The highest BCUT2D eigenvalue weighted by molar-refractivity contribution is 7.89. The lowest BCUT2D eigenvalue weighted by Crippen LogP contribution is -2.27. The second kappa shape index (κ2) is 6.96. The summed E-state index contributed by atoms with van der Waals surface area (Å²) in [4.78, 5) is 11.6. The van der Waals surface area contributed by atoms with Gasteiger partial charge in [-0.05, 0) is 54.8 Å². The fourth-order valence-corrected chi connectivity index (χ4v) is 4.59. The molecule has 2 N–H and O–H groups in total. The summed E-state index contributed by atoms with van der Waals surface area (Å²) >= 11 is 12.0. The van der Waals surface area contributed by atoms with E-state index in [1.54, 1.807) is 37.3 Å². The fraction of sp³-hybridized carbons (Fsp3) is 0.235. The van der Waals surface area contributed by atoms with Crippen LogP contribution in [0.25, 0.3) is 0 Å². The second-order valence-corrected chi connectivity index (χ2v) is 8.43. The standard InChI is InChI=1S/C17H16Cl2N2O3S/c1-10(14-5-3-12(18)9-15(14)19)21-25(23,24)13-4-6-16-11(8-13)2-7-17(22)20-16/h3-6,8-10,21H,2,7H2,1H3,(H,20,22)/t10-/m1/s1. The lowest BCUT2D eigenvalue weighted by molar-refractivity contribution is -0.116. The van der Waals surface area contributed by atoms with Gasteiger partial charge in [0, 0.05) is 28.2 Å². The summed E-state index contributed by atoms with van der Waals surface area (Å²) in [6.45, 7) is 1.71. The molecule has 132 valence electrons. The minimum absolute atomic E-state index is 0.0627. The van der Waals surface area contributed by atoms with Crippen molar-refractivity contribution in [2.45, 2.75) is 30.7 Å². The van der Waals surface area contributed by atoms with Crippen molar-refractivity contribution in [3.63, 3.8) is 0 Å². The van der Waals surface area contributed by atoms with E-state index in [1.165, 1.54) is 6.07 Å². The zero-order valence-electron chi connectivity index (χ0n) is 13.3. The van der Waals surface area contributed by atoms with Crippen molar-refractivity contribution in [3.05, 3.63) is 57.6 Å². The molecule has 2 aromatic rings. The molecule has 0 aliphatic carbocycles. The van der Waals surface area contributed by atoms with Crippen LogP contribution in [0.2, 0.25) is 10.0 Å². The van der Waals surface area contributed by atoms with E-state index in [9.17, 15) is 13.2 Å². The summed E-state index contributed by atoms with van der Waals surface area (Å²) in [6.07, 6.45) is 0.865. The number of hydrogen-bond acceptors (Lipinski definition) is 3. The Balaban J connectivity index is 1.85. The molecule has 1 amide bonds. The number of hydrogen-bond donors (Lipinski definition) is 2. The van der Waals surface area contributed by atoms with Crippen molar-refractivity contribution in [2.24, 2.45) is 0 Å². The lowest BCUT2D eigenvalue weighted by Gasteiger charge is -2.19. The molecule has 1 heterocycles. The van der Waals surface area contributed by atoms with Crippen LogP contribution in [-0.4, -0.2) is 14.3 Å². The van der Waals surface area contributed by atoms with Gasteiger partial charge >= 0.3 is 0 Å². The third kappa shape index (κ3) is 3.98. The van der Waals surface area contributed by atoms with Gasteiger partial charge in [0.25, 0.3) is 0 Å². The van der Waals surface area contributed by atoms with Gasteiger partial charge in [0.15, 0.2) is 0 Å². The Kier molecular flexibility index (Phi) is 5.06. The van der Waals surface area contributed by atoms with Gasteiger partial charge in [-0.1, -0.05) is 29.3 Å². The predicted molar refractivity (Wildman–Crippen MR) is 98.6 cm³/mol. The lowest BCUT2D eigenvalue weighted by atomic mass is 10.0. The van der Waals surface area contributed by atoms with Crippen molar-refractivity contribution in [3.8, 4) is 0 Å². The maximum absolute atomic E-state index is 12.7. The van der Waals surface area contributed by atoms with Crippen LogP contribution in [0.1, 0.15) is 30.5 Å². The summed E-state index contributed by atoms with van der Waals surface area (Å²) in [5.41, 5.74) is 2.10. The van der Waals surface area contributed by atoms with Crippen LogP contribution in [0.4, 0.5) is 5.69 Å². The highest BCUT2D eigenvalue weighted by atomic mass is 35.5. The van der Waals surface area contributed by atoms with Gasteiger partial charge in [-0.3, -0.25) is 4.79 Å². The zero-order valence-corrected chi connectivity index (χ0v) is 15.7. The summed E-state index contributed by atoms with van der Waals surface area (Å²) in [7, 11) is -3.74. The highest BCUT2D eigenvalue weighted by Crippen LogP contribution is 2.29. The van der Waals surface area contributed by atoms with Gasteiger partial charge in [-0.25, -0.2) is 13.1 Å². The first kappa shape index (κ1) is 18.2. The Morgan fingerprint density at radius 1 is 1.12 bits per heavy atom. The van der Waals surface area contributed by atoms with E-state index in [2.05, 4.69) is 10.0 Å². The number of anilines is 1. The number of aryl methyl sites for hydroxylation is 1. The number of rotatable bonds is 4. The molecular formula is C17H16Cl2N2O3S. The van der Waals surface area contributed by atoms with E-state index in [1.807, 2.05) is 0 Å². The molecule has 0 bridgehead atoms. The van der Waals surface area contributed by atoms with Crippen LogP contribution < -0.4 is 10.0 Å². The average Bonchev–Trinajstić information content (AvgIpc) is 2.53. The molecule has 1 aliphatic heterocycles. The van der Waals surface area contributed by atoms with Gasteiger partial charge in [0.2, 0.25) is 15.9 Å². The van der Waals surface area contributed by atoms with E-state index in [0.717, 1.165) is 5.56 Å². The summed E-state index contributed by atoms with van der Waals surface area (Å²) in [6, 6.07) is 9.09. The molecule has 3 rings (SSSR count). The predicted octanol–water partition coefficient (Wildman–Crippen LogP) is 3.92. The van der Waals surface area contributed by atoms with Crippen molar-refractivity contribution in [1.29, 1.82) is 0 Å². The first-order valence-electron chi connectivity index (χ1n) is 7.66. The number of amides is 1. The van der Waals surface area contributed by atoms with Crippen LogP contribution in [0, 0.1) is 0 Å². The number of carbonyl (C=O) groups excluding carboxylic acids is 1. The summed E-state index contributed by atoms with van der Waals surface area (Å²) < 4.78 is 28.0. The van der Waals surface area contributed by atoms with E-state index in [4.69, 9.17) is 23.2 Å². The minimum Gasteiger partial charge on any atom is -0.326 e. The molecule has 0 radical (unpaired) electrons. The molecule has 2 aromatic carbocycles. The van der Waals surface area contributed by atoms with Crippen LogP contribution in [0.15, 0.2) is 41.3 Å². The molecule has 25 heavy (non-hydrogen) atoms. The Labute approximate surface area is 156 Å². The van der Waals surface area contributed by atoms with Crippen LogP contribution in [0.5, 0.6) is 0 Å². The molecule has 0 saturated heterocycles. The fourth-order valence-electron chi connectivity index (χ4n) is 2.74. The average molecular weight is 399 g/mol. The quantitative estimate of drug-likeness (QED) is 0.819. The number of nitrogens with one attached hydrogen (secondary N) is 2.